The molecule has 3 heteroatoms. The third kappa shape index (κ3) is 2.66. The Morgan fingerprint density at radius 1 is 1.58 bits per heavy atom. The molecule has 0 aliphatic rings. The second-order valence-corrected chi connectivity index (χ2v) is 2.82. The lowest BCUT2D eigenvalue weighted by Gasteiger charge is -1.97. The summed E-state index contributed by atoms with van der Waals surface area (Å²) >= 11 is 0. The number of hydrogen-bond acceptors (Lipinski definition) is 1. The molecule has 0 bridgehead atoms. The van der Waals surface area contributed by atoms with Crippen molar-refractivity contribution < 1.29 is 9.30 Å². The molecule has 0 aliphatic carbocycles. The lowest BCUT2D eigenvalue weighted by Crippen LogP contribution is -2.30. The first kappa shape index (κ1) is 9.26. The number of aryl methyl sites for hydroxylation is 2. The number of rotatable bonds is 5. The van der Waals surface area contributed by atoms with Crippen molar-refractivity contribution in [2.24, 2.45) is 7.05 Å². The summed E-state index contributed by atoms with van der Waals surface area (Å²) in [6.45, 7) is 3.70. The maximum Gasteiger partial charge on any atom is 0.254 e. The number of aromatic nitrogens is 2. The fourth-order valence-corrected chi connectivity index (χ4v) is 1.17. The molecule has 0 saturated carbocycles. The molecule has 1 N–H and O–H groups in total. The smallest absolute Gasteiger partial charge is 0.254 e. The molecule has 0 saturated heterocycles. The summed E-state index contributed by atoms with van der Waals surface area (Å²) in [5, 5.41) is 0. The van der Waals surface area contributed by atoms with Gasteiger partial charge in [0.05, 0.1) is 13.5 Å². The van der Waals surface area contributed by atoms with E-state index in [0.29, 0.717) is 0 Å². The predicted molar refractivity (Wildman–Crippen MR) is 46.8 cm³/mol. The van der Waals surface area contributed by atoms with Gasteiger partial charge in [-0.3, -0.25) is 0 Å². The molecule has 0 spiro atoms. The zero-order valence-corrected chi connectivity index (χ0v) is 7.84. The fraction of sp³-hybridized carbons (Fsp3) is 0.667. The van der Waals surface area contributed by atoms with Crippen LogP contribution in [0.1, 0.15) is 19.2 Å². The van der Waals surface area contributed by atoms with Crippen LogP contribution in [0.4, 0.5) is 0 Å². The third-order valence-electron chi connectivity index (χ3n) is 1.88. The first-order valence-electron chi connectivity index (χ1n) is 4.44. The monoisotopic (exact) mass is 169 g/mol. The number of nitrogens with one attached hydrogen (secondary N) is 1. The summed E-state index contributed by atoms with van der Waals surface area (Å²) in [4.78, 5) is 3.19. The Kier molecular flexibility index (Phi) is 3.80. The zero-order valence-electron chi connectivity index (χ0n) is 7.84. The topological polar surface area (TPSA) is 28.9 Å². The van der Waals surface area contributed by atoms with Crippen LogP contribution in [0.5, 0.6) is 0 Å². The van der Waals surface area contributed by atoms with Crippen LogP contribution in [0.3, 0.4) is 0 Å². The molecule has 0 radical (unpaired) electrons. The van der Waals surface area contributed by atoms with Gasteiger partial charge in [-0.15, -0.1) is 0 Å². The average Bonchev–Trinajstić information content (AvgIpc) is 2.46. The molecule has 1 heterocycles. The lowest BCUT2D eigenvalue weighted by molar-refractivity contribution is -0.677. The Hall–Kier alpha value is -0.830. The standard InChI is InChI=1S/C9H16N2O/c1-3-12-8-4-5-9-10-6-7-11(9)2/h6-7H,3-5,8H2,1-2H3/p+1. The Balaban J connectivity index is 2.20. The number of imidazole rings is 1. The van der Waals surface area contributed by atoms with Crippen molar-refractivity contribution in [1.82, 2.24) is 4.98 Å². The average molecular weight is 169 g/mol. The molecule has 1 rings (SSSR count). The van der Waals surface area contributed by atoms with Gasteiger partial charge in [0, 0.05) is 13.2 Å². The highest BCUT2D eigenvalue weighted by molar-refractivity contribution is 4.76. The van der Waals surface area contributed by atoms with Crippen molar-refractivity contribution in [2.75, 3.05) is 13.2 Å². The predicted octanol–water partition coefficient (Wildman–Crippen LogP) is 0.808. The van der Waals surface area contributed by atoms with Crippen LogP contribution in [0.25, 0.3) is 0 Å². The van der Waals surface area contributed by atoms with Crippen molar-refractivity contribution in [3.8, 4) is 0 Å². The Morgan fingerprint density at radius 3 is 3.00 bits per heavy atom. The van der Waals surface area contributed by atoms with E-state index < -0.39 is 0 Å². The number of H-pyrrole nitrogens is 1. The van der Waals surface area contributed by atoms with Gasteiger partial charge in [-0.1, -0.05) is 0 Å². The molecule has 0 aliphatic heterocycles. The number of nitrogens with zero attached hydrogens (tertiary/aromatic N) is 1. The van der Waals surface area contributed by atoms with E-state index in [4.69, 9.17) is 4.74 Å². The van der Waals surface area contributed by atoms with E-state index in [1.807, 2.05) is 26.4 Å². The molecule has 0 fully saturated rings. The van der Waals surface area contributed by atoms with Crippen molar-refractivity contribution in [1.29, 1.82) is 0 Å². The second-order valence-electron chi connectivity index (χ2n) is 2.82. The number of aromatic amines is 1. The summed E-state index contributed by atoms with van der Waals surface area (Å²) < 4.78 is 7.35. The minimum Gasteiger partial charge on any atom is -0.382 e. The highest BCUT2D eigenvalue weighted by Crippen LogP contribution is 1.92. The van der Waals surface area contributed by atoms with Crippen LogP contribution >= 0.6 is 0 Å². The fourth-order valence-electron chi connectivity index (χ4n) is 1.17. The first-order valence-corrected chi connectivity index (χ1v) is 4.44. The van der Waals surface area contributed by atoms with Crippen molar-refractivity contribution >= 4 is 0 Å². The third-order valence-corrected chi connectivity index (χ3v) is 1.88. The second kappa shape index (κ2) is 4.93. The van der Waals surface area contributed by atoms with Crippen LogP contribution < -0.4 is 4.57 Å². The van der Waals surface area contributed by atoms with Gasteiger partial charge in [0.2, 0.25) is 0 Å². The van der Waals surface area contributed by atoms with Crippen molar-refractivity contribution in [3.63, 3.8) is 0 Å². The molecule has 0 unspecified atom stereocenters. The summed E-state index contributed by atoms with van der Waals surface area (Å²) in [6, 6.07) is 0. The van der Waals surface area contributed by atoms with E-state index in [1.165, 1.54) is 5.82 Å². The van der Waals surface area contributed by atoms with Gasteiger partial charge < -0.3 is 4.74 Å². The summed E-state index contributed by atoms with van der Waals surface area (Å²) in [5.74, 6) is 1.26. The number of ether oxygens (including phenoxy) is 1. The van der Waals surface area contributed by atoms with E-state index in [2.05, 4.69) is 9.55 Å². The lowest BCUT2D eigenvalue weighted by atomic mass is 10.3. The van der Waals surface area contributed by atoms with Crippen molar-refractivity contribution in [3.05, 3.63) is 18.2 Å². The van der Waals surface area contributed by atoms with Crippen LogP contribution in [-0.2, 0) is 18.2 Å². The summed E-state index contributed by atoms with van der Waals surface area (Å²) in [5.41, 5.74) is 0. The minimum atomic E-state index is 0.816. The van der Waals surface area contributed by atoms with Crippen LogP contribution in [0, 0.1) is 0 Å². The molecule has 1 aromatic heterocycles. The zero-order chi connectivity index (χ0) is 8.81. The van der Waals surface area contributed by atoms with E-state index in [0.717, 1.165) is 26.1 Å². The maximum atomic E-state index is 5.25. The molecule has 0 atom stereocenters. The van der Waals surface area contributed by atoms with Gasteiger partial charge in [0.1, 0.15) is 12.4 Å². The highest BCUT2D eigenvalue weighted by Gasteiger charge is 2.04. The Morgan fingerprint density at radius 2 is 2.42 bits per heavy atom. The molecule has 68 valence electrons. The Bertz CT molecular complexity index is 220. The van der Waals surface area contributed by atoms with Gasteiger partial charge in [0.25, 0.3) is 5.82 Å². The van der Waals surface area contributed by atoms with Gasteiger partial charge in [-0.05, 0) is 13.3 Å². The number of hydrogen-bond donors (Lipinski definition) is 1. The van der Waals surface area contributed by atoms with E-state index in [9.17, 15) is 0 Å². The van der Waals surface area contributed by atoms with Crippen LogP contribution in [0.2, 0.25) is 0 Å². The molecule has 0 amide bonds. The molecular weight excluding hydrogens is 152 g/mol. The molecule has 1 aromatic rings. The normalized spacial score (nSPS) is 10.5. The molecule has 12 heavy (non-hydrogen) atoms. The summed E-state index contributed by atoms with van der Waals surface area (Å²) in [7, 11) is 2.05. The van der Waals surface area contributed by atoms with E-state index in [-0.39, 0.29) is 0 Å². The largest absolute Gasteiger partial charge is 0.382 e. The quantitative estimate of drug-likeness (QED) is 0.513. The first-order chi connectivity index (χ1) is 5.84. The van der Waals surface area contributed by atoms with E-state index in [1.54, 1.807) is 0 Å². The highest BCUT2D eigenvalue weighted by atomic mass is 16.5. The molecular formula is C9H17N2O+. The van der Waals surface area contributed by atoms with Crippen molar-refractivity contribution in [2.45, 2.75) is 19.8 Å². The van der Waals surface area contributed by atoms with Crippen LogP contribution in [0.15, 0.2) is 12.4 Å². The van der Waals surface area contributed by atoms with Gasteiger partial charge in [-0.2, -0.15) is 0 Å². The SMILES string of the molecule is CCOCCCc1[nH]cc[n+]1C. The minimum absolute atomic E-state index is 0.816. The summed E-state index contributed by atoms with van der Waals surface area (Å²) in [6.07, 6.45) is 6.12. The molecule has 3 nitrogen and oxygen atoms in total. The van der Waals surface area contributed by atoms with Gasteiger partial charge in [0.15, 0.2) is 0 Å². The maximum absolute atomic E-state index is 5.25. The van der Waals surface area contributed by atoms with Gasteiger partial charge in [-0.25, -0.2) is 9.55 Å². The Labute approximate surface area is 73.4 Å². The van der Waals surface area contributed by atoms with Crippen LogP contribution in [-0.4, -0.2) is 18.2 Å². The van der Waals surface area contributed by atoms with E-state index >= 15 is 0 Å². The van der Waals surface area contributed by atoms with Gasteiger partial charge >= 0.3 is 0 Å². The molecule has 0 aromatic carbocycles.